The van der Waals surface area contributed by atoms with Crippen LogP contribution in [0.3, 0.4) is 0 Å². The van der Waals surface area contributed by atoms with E-state index < -0.39 is 23.7 Å². The van der Waals surface area contributed by atoms with E-state index >= 15 is 0 Å². The zero-order chi connectivity index (χ0) is 14.6. The Kier molecular flexibility index (Phi) is 4.96. The van der Waals surface area contributed by atoms with E-state index in [1.54, 1.807) is 0 Å². The summed E-state index contributed by atoms with van der Waals surface area (Å²) >= 11 is 0. The third-order valence-corrected chi connectivity index (χ3v) is 2.68. The highest BCUT2D eigenvalue weighted by Gasteiger charge is 2.18. The smallest absolute Gasteiger partial charge is 0.254 e. The van der Waals surface area contributed by atoms with Crippen molar-refractivity contribution in [3.05, 3.63) is 29.1 Å². The quantitative estimate of drug-likeness (QED) is 0.706. The lowest BCUT2D eigenvalue weighted by atomic mass is 10.1. The van der Waals surface area contributed by atoms with Crippen LogP contribution in [0.15, 0.2) is 12.1 Å². The molecule has 1 atom stereocenters. The molecular formula is C12H16FN3O3. The van der Waals surface area contributed by atoms with E-state index in [2.05, 4.69) is 5.32 Å². The fraction of sp³-hybridized carbons (Fsp3) is 0.333. The van der Waals surface area contributed by atoms with Crippen molar-refractivity contribution in [3.63, 3.8) is 0 Å². The Morgan fingerprint density at radius 1 is 1.47 bits per heavy atom. The van der Waals surface area contributed by atoms with E-state index in [9.17, 15) is 14.0 Å². The summed E-state index contributed by atoms with van der Waals surface area (Å²) in [6.07, 6.45) is -0.848. The molecule has 0 saturated carbocycles. The number of hydrogen-bond donors (Lipinski definition) is 3. The van der Waals surface area contributed by atoms with Crippen molar-refractivity contribution in [1.29, 1.82) is 0 Å². The van der Waals surface area contributed by atoms with E-state index in [0.29, 0.717) is 0 Å². The van der Waals surface area contributed by atoms with Crippen molar-refractivity contribution in [2.45, 2.75) is 13.0 Å². The number of amides is 2. The van der Waals surface area contributed by atoms with Gasteiger partial charge in [0.2, 0.25) is 5.91 Å². The highest BCUT2D eigenvalue weighted by molar-refractivity contribution is 5.98. The largest absolute Gasteiger partial charge is 0.370 e. The van der Waals surface area contributed by atoms with E-state index in [-0.39, 0.29) is 23.4 Å². The molecule has 0 aliphatic rings. The van der Waals surface area contributed by atoms with Crippen molar-refractivity contribution in [1.82, 2.24) is 0 Å². The SMILES string of the molecule is COC(CN)C(=O)Nc1cc(C(N)=O)cc(F)c1C. The molecule has 1 aromatic rings. The number of nitrogens with two attached hydrogens (primary N) is 2. The first-order chi connectivity index (χ1) is 8.90. The number of anilines is 1. The number of rotatable bonds is 5. The van der Waals surface area contributed by atoms with Crippen LogP contribution in [0.4, 0.5) is 10.1 Å². The number of carbonyl (C=O) groups excluding carboxylic acids is 2. The molecule has 0 heterocycles. The average Bonchev–Trinajstić information content (AvgIpc) is 2.35. The first-order valence-electron chi connectivity index (χ1n) is 5.54. The standard InChI is InChI=1S/C12H16FN3O3/c1-6-8(13)3-7(11(15)17)4-9(6)16-12(18)10(5-14)19-2/h3-4,10H,5,14H2,1-2H3,(H2,15,17)(H,16,18). The topological polar surface area (TPSA) is 107 Å². The number of hydrogen-bond acceptors (Lipinski definition) is 4. The summed E-state index contributed by atoms with van der Waals surface area (Å²) in [4.78, 5) is 22.8. The first-order valence-corrected chi connectivity index (χ1v) is 5.54. The minimum absolute atomic E-state index is 0.0145. The maximum atomic E-state index is 13.6. The Bertz CT molecular complexity index is 501. The summed E-state index contributed by atoms with van der Waals surface area (Å²) in [5.74, 6) is -1.93. The lowest BCUT2D eigenvalue weighted by Crippen LogP contribution is -2.36. The van der Waals surface area contributed by atoms with Crippen LogP contribution in [-0.4, -0.2) is 31.6 Å². The highest BCUT2D eigenvalue weighted by atomic mass is 19.1. The molecule has 0 aliphatic heterocycles. The number of methoxy groups -OCH3 is 1. The molecule has 0 spiro atoms. The molecule has 6 nitrogen and oxygen atoms in total. The van der Waals surface area contributed by atoms with Gasteiger partial charge in [-0.1, -0.05) is 0 Å². The van der Waals surface area contributed by atoms with Gasteiger partial charge in [0.25, 0.3) is 5.91 Å². The third-order valence-electron chi connectivity index (χ3n) is 2.68. The molecule has 1 unspecified atom stereocenters. The summed E-state index contributed by atoms with van der Waals surface area (Å²) in [6.45, 7) is 1.46. The summed E-state index contributed by atoms with van der Waals surface area (Å²) in [5.41, 5.74) is 10.8. The number of benzene rings is 1. The van der Waals surface area contributed by atoms with Crippen molar-refractivity contribution in [2.24, 2.45) is 11.5 Å². The van der Waals surface area contributed by atoms with Gasteiger partial charge in [-0.25, -0.2) is 4.39 Å². The molecule has 1 rings (SSSR count). The van der Waals surface area contributed by atoms with Gasteiger partial charge in [-0.3, -0.25) is 9.59 Å². The molecule has 104 valence electrons. The summed E-state index contributed by atoms with van der Waals surface area (Å²) in [5, 5.41) is 2.46. The van der Waals surface area contributed by atoms with E-state index in [1.165, 1.54) is 20.1 Å². The lowest BCUT2D eigenvalue weighted by molar-refractivity contribution is -0.125. The maximum absolute atomic E-state index is 13.6. The molecule has 2 amide bonds. The molecule has 1 aromatic carbocycles. The number of primary amides is 1. The Balaban J connectivity index is 3.06. The van der Waals surface area contributed by atoms with Crippen LogP contribution in [0.25, 0.3) is 0 Å². The van der Waals surface area contributed by atoms with Gasteiger partial charge in [-0.15, -0.1) is 0 Å². The molecule has 0 fully saturated rings. The minimum atomic E-state index is -0.848. The molecule has 0 radical (unpaired) electrons. The number of nitrogens with one attached hydrogen (secondary N) is 1. The molecule has 5 N–H and O–H groups in total. The first kappa shape index (κ1) is 15.1. The number of carbonyl (C=O) groups is 2. The summed E-state index contributed by atoms with van der Waals surface area (Å²) in [7, 11) is 1.34. The van der Waals surface area contributed by atoms with Gasteiger partial charge in [0.05, 0.1) is 0 Å². The van der Waals surface area contributed by atoms with Crippen molar-refractivity contribution in [3.8, 4) is 0 Å². The van der Waals surface area contributed by atoms with Gasteiger partial charge in [-0.2, -0.15) is 0 Å². The number of ether oxygens (including phenoxy) is 1. The van der Waals surface area contributed by atoms with Gasteiger partial charge in [0.15, 0.2) is 0 Å². The summed E-state index contributed by atoms with van der Waals surface area (Å²) < 4.78 is 18.5. The molecule has 0 aromatic heterocycles. The van der Waals surface area contributed by atoms with E-state index in [0.717, 1.165) is 6.07 Å². The Hall–Kier alpha value is -1.99. The van der Waals surface area contributed by atoms with Gasteiger partial charge >= 0.3 is 0 Å². The molecule has 0 aliphatic carbocycles. The predicted molar refractivity (Wildman–Crippen MR) is 68.1 cm³/mol. The van der Waals surface area contributed by atoms with Crippen LogP contribution in [0.2, 0.25) is 0 Å². The van der Waals surface area contributed by atoms with E-state index in [4.69, 9.17) is 16.2 Å². The second kappa shape index (κ2) is 6.26. The van der Waals surface area contributed by atoms with Crippen LogP contribution in [0.5, 0.6) is 0 Å². The van der Waals surface area contributed by atoms with Gasteiger partial charge in [0.1, 0.15) is 11.9 Å². The second-order valence-corrected chi connectivity index (χ2v) is 3.94. The van der Waals surface area contributed by atoms with Crippen LogP contribution >= 0.6 is 0 Å². The number of halogens is 1. The third kappa shape index (κ3) is 3.49. The van der Waals surface area contributed by atoms with Crippen molar-refractivity contribution in [2.75, 3.05) is 19.0 Å². The van der Waals surface area contributed by atoms with Crippen molar-refractivity contribution < 1.29 is 18.7 Å². The Morgan fingerprint density at radius 3 is 2.58 bits per heavy atom. The maximum Gasteiger partial charge on any atom is 0.254 e. The molecule has 19 heavy (non-hydrogen) atoms. The Morgan fingerprint density at radius 2 is 2.11 bits per heavy atom. The highest BCUT2D eigenvalue weighted by Crippen LogP contribution is 2.21. The second-order valence-electron chi connectivity index (χ2n) is 3.94. The monoisotopic (exact) mass is 269 g/mol. The van der Waals surface area contributed by atoms with Gasteiger partial charge in [-0.05, 0) is 19.1 Å². The fourth-order valence-electron chi connectivity index (χ4n) is 1.47. The lowest BCUT2D eigenvalue weighted by Gasteiger charge is -2.15. The fourth-order valence-corrected chi connectivity index (χ4v) is 1.47. The van der Waals surface area contributed by atoms with Crippen LogP contribution < -0.4 is 16.8 Å². The van der Waals surface area contributed by atoms with Gasteiger partial charge < -0.3 is 21.5 Å². The molecule has 0 saturated heterocycles. The molecule has 7 heteroatoms. The zero-order valence-corrected chi connectivity index (χ0v) is 10.7. The van der Waals surface area contributed by atoms with E-state index in [1.807, 2.05) is 0 Å². The molecular weight excluding hydrogens is 253 g/mol. The molecule has 0 bridgehead atoms. The van der Waals surface area contributed by atoms with Crippen LogP contribution in [0, 0.1) is 12.7 Å². The zero-order valence-electron chi connectivity index (χ0n) is 10.7. The van der Waals surface area contributed by atoms with Gasteiger partial charge in [0, 0.05) is 30.5 Å². The normalized spacial score (nSPS) is 12.0. The van der Waals surface area contributed by atoms with Crippen molar-refractivity contribution >= 4 is 17.5 Å². The predicted octanol–water partition coefficient (Wildman–Crippen LogP) is 0.145. The average molecular weight is 269 g/mol. The van der Waals surface area contributed by atoms with Crippen LogP contribution in [0.1, 0.15) is 15.9 Å². The van der Waals surface area contributed by atoms with Crippen LogP contribution in [-0.2, 0) is 9.53 Å². The summed E-state index contributed by atoms with van der Waals surface area (Å²) in [6, 6.07) is 2.33. The Labute approximate surface area is 109 Å². The minimum Gasteiger partial charge on any atom is -0.370 e.